The average Bonchev–Trinajstić information content (AvgIpc) is 2.93. The highest BCUT2D eigenvalue weighted by atomic mass is 33.1. The third-order valence-corrected chi connectivity index (χ3v) is 7.06. The first-order chi connectivity index (χ1) is 10.9. The Bertz CT molecular complexity index is 942. The first kappa shape index (κ1) is 16.1. The molecule has 120 valence electrons. The van der Waals surface area contributed by atoms with E-state index in [-0.39, 0.29) is 5.92 Å². The summed E-state index contributed by atoms with van der Waals surface area (Å²) in [6.07, 6.45) is 1.62. The van der Waals surface area contributed by atoms with Gasteiger partial charge in [-0.3, -0.25) is 0 Å². The van der Waals surface area contributed by atoms with Gasteiger partial charge in [-0.05, 0) is 42.7 Å². The third-order valence-electron chi connectivity index (χ3n) is 3.68. The molecule has 0 bridgehead atoms. The molecule has 0 atom stereocenters. The van der Waals surface area contributed by atoms with Crippen LogP contribution in [0.3, 0.4) is 0 Å². The minimum atomic E-state index is -3.46. The standard InChI is InChI=1S/C17H18N2O2S2/c1-11(2)14-8-15-16(19-10-18-15)9-17(14)22-23(20,21)13-6-4-12(3)5-7-13/h4-11H,1-3H3,(H,18,19). The Hall–Kier alpha value is -1.79. The summed E-state index contributed by atoms with van der Waals surface area (Å²) in [7, 11) is -2.55. The molecule has 0 saturated heterocycles. The number of rotatable bonds is 4. The number of fused-ring (bicyclic) bond motifs is 1. The fourth-order valence-electron chi connectivity index (χ4n) is 2.37. The molecule has 0 radical (unpaired) electrons. The summed E-state index contributed by atoms with van der Waals surface area (Å²) in [5, 5.41) is 0. The Balaban J connectivity index is 2.05. The van der Waals surface area contributed by atoms with Crippen molar-refractivity contribution in [3.63, 3.8) is 0 Å². The molecule has 23 heavy (non-hydrogen) atoms. The molecule has 0 unspecified atom stereocenters. The molecule has 0 aliphatic heterocycles. The number of hydrogen-bond acceptors (Lipinski definition) is 4. The lowest BCUT2D eigenvalue weighted by Crippen LogP contribution is -1.98. The van der Waals surface area contributed by atoms with Crippen LogP contribution in [-0.4, -0.2) is 18.4 Å². The maximum absolute atomic E-state index is 12.7. The number of nitrogens with one attached hydrogen (secondary N) is 1. The summed E-state index contributed by atoms with van der Waals surface area (Å²) in [5.41, 5.74) is 3.72. The molecule has 0 spiro atoms. The van der Waals surface area contributed by atoms with E-state index in [1.54, 1.807) is 18.5 Å². The zero-order valence-corrected chi connectivity index (χ0v) is 14.8. The zero-order chi connectivity index (χ0) is 16.6. The van der Waals surface area contributed by atoms with Gasteiger partial charge in [-0.15, -0.1) is 0 Å². The van der Waals surface area contributed by atoms with Crippen molar-refractivity contribution in [2.24, 2.45) is 0 Å². The second-order valence-corrected chi connectivity index (χ2v) is 9.62. The van der Waals surface area contributed by atoms with Gasteiger partial charge in [0.1, 0.15) is 0 Å². The zero-order valence-electron chi connectivity index (χ0n) is 13.2. The Morgan fingerprint density at radius 1 is 1.13 bits per heavy atom. The van der Waals surface area contributed by atoms with Gasteiger partial charge in [-0.2, -0.15) is 0 Å². The maximum atomic E-state index is 12.7. The molecule has 0 saturated carbocycles. The summed E-state index contributed by atoms with van der Waals surface area (Å²) < 4.78 is 25.4. The van der Waals surface area contributed by atoms with Crippen LogP contribution in [-0.2, 0) is 8.87 Å². The first-order valence-electron chi connectivity index (χ1n) is 7.35. The maximum Gasteiger partial charge on any atom is 0.234 e. The molecule has 1 heterocycles. The van der Waals surface area contributed by atoms with E-state index >= 15 is 0 Å². The SMILES string of the molecule is Cc1ccc(S(=O)(=O)Sc2cc3[nH]cnc3cc2C(C)C)cc1. The van der Waals surface area contributed by atoms with E-state index in [1.165, 1.54) is 0 Å². The van der Waals surface area contributed by atoms with E-state index in [2.05, 4.69) is 23.8 Å². The van der Waals surface area contributed by atoms with Crippen LogP contribution in [0, 0.1) is 6.92 Å². The number of hydrogen-bond donors (Lipinski definition) is 1. The van der Waals surface area contributed by atoms with Crippen molar-refractivity contribution < 1.29 is 8.42 Å². The van der Waals surface area contributed by atoms with Crippen LogP contribution in [0.25, 0.3) is 11.0 Å². The number of imidazole rings is 1. The molecule has 0 aliphatic rings. The quantitative estimate of drug-likeness (QED) is 0.708. The van der Waals surface area contributed by atoms with E-state index < -0.39 is 8.87 Å². The second kappa shape index (κ2) is 6.02. The van der Waals surface area contributed by atoms with E-state index in [4.69, 9.17) is 0 Å². The van der Waals surface area contributed by atoms with Gasteiger partial charge in [0.25, 0.3) is 0 Å². The topological polar surface area (TPSA) is 62.8 Å². The lowest BCUT2D eigenvalue weighted by atomic mass is 10.0. The van der Waals surface area contributed by atoms with Crippen LogP contribution in [0.1, 0.15) is 30.9 Å². The van der Waals surface area contributed by atoms with Gasteiger partial charge in [-0.1, -0.05) is 31.5 Å². The molecule has 1 aromatic heterocycles. The smallest absolute Gasteiger partial charge is 0.234 e. The largest absolute Gasteiger partial charge is 0.345 e. The summed E-state index contributed by atoms with van der Waals surface area (Å²) in [4.78, 5) is 8.37. The van der Waals surface area contributed by atoms with Crippen molar-refractivity contribution in [1.29, 1.82) is 0 Å². The van der Waals surface area contributed by atoms with Crippen LogP contribution in [0.5, 0.6) is 0 Å². The number of aromatic amines is 1. The normalized spacial score (nSPS) is 12.2. The van der Waals surface area contributed by atoms with E-state index in [1.807, 2.05) is 31.2 Å². The van der Waals surface area contributed by atoms with Gasteiger partial charge < -0.3 is 4.98 Å². The minimum absolute atomic E-state index is 0.215. The van der Waals surface area contributed by atoms with Crippen molar-refractivity contribution in [1.82, 2.24) is 9.97 Å². The molecule has 0 fully saturated rings. The molecular formula is C17H18N2O2S2. The molecule has 0 amide bonds. The van der Waals surface area contributed by atoms with Crippen LogP contribution >= 0.6 is 10.8 Å². The predicted octanol–water partition coefficient (Wildman–Crippen LogP) is 4.48. The van der Waals surface area contributed by atoms with Gasteiger partial charge >= 0.3 is 0 Å². The van der Waals surface area contributed by atoms with Gasteiger partial charge in [0, 0.05) is 15.7 Å². The lowest BCUT2D eigenvalue weighted by Gasteiger charge is -2.13. The number of aryl methyl sites for hydroxylation is 1. The van der Waals surface area contributed by atoms with Crippen LogP contribution in [0.2, 0.25) is 0 Å². The minimum Gasteiger partial charge on any atom is -0.345 e. The molecule has 3 rings (SSSR count). The van der Waals surface area contributed by atoms with E-state index in [0.29, 0.717) is 4.90 Å². The summed E-state index contributed by atoms with van der Waals surface area (Å²) in [6, 6.07) is 10.8. The van der Waals surface area contributed by atoms with Gasteiger partial charge in [0.05, 0.1) is 22.3 Å². The molecule has 3 aromatic rings. The Labute approximate surface area is 139 Å². The fraction of sp³-hybridized carbons (Fsp3) is 0.235. The Morgan fingerprint density at radius 3 is 2.48 bits per heavy atom. The van der Waals surface area contributed by atoms with Crippen LogP contribution in [0.4, 0.5) is 0 Å². The van der Waals surface area contributed by atoms with Crippen LogP contribution in [0.15, 0.2) is 52.5 Å². The average molecular weight is 346 g/mol. The van der Waals surface area contributed by atoms with Gasteiger partial charge in [-0.25, -0.2) is 13.4 Å². The van der Waals surface area contributed by atoms with Crippen LogP contribution < -0.4 is 0 Å². The van der Waals surface area contributed by atoms with Gasteiger partial charge in [0.15, 0.2) is 0 Å². The summed E-state index contributed by atoms with van der Waals surface area (Å²) in [6.45, 7) is 6.04. The van der Waals surface area contributed by atoms with Crippen molar-refractivity contribution in [2.75, 3.05) is 0 Å². The summed E-state index contributed by atoms with van der Waals surface area (Å²) in [5.74, 6) is 0.215. The van der Waals surface area contributed by atoms with E-state index in [9.17, 15) is 8.42 Å². The predicted molar refractivity (Wildman–Crippen MR) is 94.4 cm³/mol. The molecular weight excluding hydrogens is 328 g/mol. The second-order valence-electron chi connectivity index (χ2n) is 5.81. The third kappa shape index (κ3) is 3.28. The number of aromatic nitrogens is 2. The highest BCUT2D eigenvalue weighted by Crippen LogP contribution is 2.37. The van der Waals surface area contributed by atoms with Crippen molar-refractivity contribution >= 4 is 30.7 Å². The lowest BCUT2D eigenvalue weighted by molar-refractivity contribution is 0.610. The Kier molecular flexibility index (Phi) is 4.21. The molecule has 2 aromatic carbocycles. The molecule has 4 nitrogen and oxygen atoms in total. The highest BCUT2D eigenvalue weighted by molar-refractivity contribution is 8.72. The first-order valence-corrected chi connectivity index (χ1v) is 10.2. The van der Waals surface area contributed by atoms with Crippen molar-refractivity contribution in [2.45, 2.75) is 36.5 Å². The molecule has 6 heteroatoms. The monoisotopic (exact) mass is 346 g/mol. The highest BCUT2D eigenvalue weighted by Gasteiger charge is 2.20. The molecule has 0 aliphatic carbocycles. The number of H-pyrrole nitrogens is 1. The van der Waals surface area contributed by atoms with Gasteiger partial charge in [0.2, 0.25) is 8.87 Å². The van der Waals surface area contributed by atoms with Crippen molar-refractivity contribution in [3.8, 4) is 0 Å². The Morgan fingerprint density at radius 2 is 1.83 bits per heavy atom. The van der Waals surface area contributed by atoms with Crippen molar-refractivity contribution in [3.05, 3.63) is 53.9 Å². The van der Waals surface area contributed by atoms with E-state index in [0.717, 1.165) is 37.8 Å². The fourth-order valence-corrected chi connectivity index (χ4v) is 5.50. The number of benzene rings is 2. The summed E-state index contributed by atoms with van der Waals surface area (Å²) >= 11 is 0. The molecule has 1 N–H and O–H groups in total. The number of nitrogens with zero attached hydrogens (tertiary/aromatic N) is 1.